The quantitative estimate of drug-likeness (QED) is 0.842. The van der Waals surface area contributed by atoms with E-state index in [2.05, 4.69) is 45.3 Å². The zero-order chi connectivity index (χ0) is 17.7. The molecule has 1 aliphatic rings. The molecule has 7 heteroatoms. The number of nitrogens with one attached hydrogen (secondary N) is 2. The number of aromatic nitrogens is 1. The van der Waals surface area contributed by atoms with Crippen molar-refractivity contribution in [1.82, 2.24) is 25.4 Å². The first-order chi connectivity index (χ1) is 11.5. The van der Waals surface area contributed by atoms with Gasteiger partial charge in [-0.1, -0.05) is 0 Å². The number of hydrogen-bond donors (Lipinski definition) is 2. The van der Waals surface area contributed by atoms with Crippen LogP contribution in [-0.2, 0) is 6.54 Å². The van der Waals surface area contributed by atoms with Crippen LogP contribution >= 0.6 is 0 Å². The number of nitriles is 1. The molecule has 2 heterocycles. The Morgan fingerprint density at radius 2 is 2.12 bits per heavy atom. The van der Waals surface area contributed by atoms with Gasteiger partial charge in [0.15, 0.2) is 5.84 Å². The lowest BCUT2D eigenvalue weighted by molar-refractivity contribution is 0.280. The Balaban J connectivity index is 2.44. The van der Waals surface area contributed by atoms with Gasteiger partial charge in [-0.05, 0) is 19.9 Å². The number of nitrogens with zero attached hydrogens (tertiary/aromatic N) is 5. The zero-order valence-corrected chi connectivity index (χ0v) is 15.0. The molecule has 1 aromatic rings. The van der Waals surface area contributed by atoms with E-state index in [1.54, 1.807) is 18.5 Å². The third kappa shape index (κ3) is 3.43. The molecular weight excluding hydrogens is 302 g/mol. The van der Waals surface area contributed by atoms with Crippen molar-refractivity contribution in [2.24, 2.45) is 4.99 Å². The van der Waals surface area contributed by atoms with E-state index in [0.29, 0.717) is 18.2 Å². The Hall–Kier alpha value is -2.75. The first-order valence-electron chi connectivity index (χ1n) is 7.98. The lowest BCUT2D eigenvalue weighted by Gasteiger charge is -2.22. The fraction of sp³-hybridized carbons (Fsp3) is 0.471. The van der Waals surface area contributed by atoms with Gasteiger partial charge in [0.2, 0.25) is 0 Å². The summed E-state index contributed by atoms with van der Waals surface area (Å²) in [7, 11) is 5.82. The van der Waals surface area contributed by atoms with Gasteiger partial charge in [-0.3, -0.25) is 9.98 Å². The lowest BCUT2D eigenvalue weighted by Crippen LogP contribution is -2.34. The molecule has 128 valence electrons. The molecule has 7 nitrogen and oxygen atoms in total. The van der Waals surface area contributed by atoms with E-state index in [4.69, 9.17) is 4.99 Å². The van der Waals surface area contributed by atoms with Crippen LogP contribution in [0.3, 0.4) is 0 Å². The van der Waals surface area contributed by atoms with Gasteiger partial charge in [0.25, 0.3) is 0 Å². The Labute approximate surface area is 143 Å². The topological polar surface area (TPSA) is 79.6 Å². The number of amidine groups is 1. The molecule has 1 fully saturated rings. The molecule has 0 saturated carbocycles. The average Bonchev–Trinajstić information content (AvgIpc) is 2.91. The largest absolute Gasteiger partial charge is 0.373 e. The van der Waals surface area contributed by atoms with E-state index in [0.717, 1.165) is 29.6 Å². The minimum absolute atomic E-state index is 0.322. The van der Waals surface area contributed by atoms with Crippen LogP contribution < -0.4 is 10.6 Å². The predicted octanol–water partition coefficient (Wildman–Crippen LogP) is 1.07. The summed E-state index contributed by atoms with van der Waals surface area (Å²) in [5.41, 5.74) is 2.47. The number of hydrogen-bond acceptors (Lipinski definition) is 6. The highest BCUT2D eigenvalue weighted by Crippen LogP contribution is 2.23. The summed E-state index contributed by atoms with van der Waals surface area (Å²) < 4.78 is 0. The van der Waals surface area contributed by atoms with Gasteiger partial charge in [0.1, 0.15) is 11.5 Å². The second kappa shape index (κ2) is 7.68. The Morgan fingerprint density at radius 3 is 2.71 bits per heavy atom. The molecule has 24 heavy (non-hydrogen) atoms. The molecule has 0 spiro atoms. The summed E-state index contributed by atoms with van der Waals surface area (Å²) in [6.07, 6.45) is 3.34. The van der Waals surface area contributed by atoms with Crippen LogP contribution in [0, 0.1) is 11.3 Å². The van der Waals surface area contributed by atoms with Gasteiger partial charge in [0.05, 0.1) is 24.8 Å². The fourth-order valence-corrected chi connectivity index (χ4v) is 2.73. The molecule has 0 aliphatic carbocycles. The highest BCUT2D eigenvalue weighted by Gasteiger charge is 2.32. The highest BCUT2D eigenvalue weighted by atomic mass is 15.4. The SMILES string of the molecule is CNC(NC)=C1/C(=N\Cc2cnccc2C#N)N(C(C)C)CN1C. The van der Waals surface area contributed by atoms with Crippen LogP contribution in [0.1, 0.15) is 25.0 Å². The van der Waals surface area contributed by atoms with Crippen LogP contribution in [0.25, 0.3) is 0 Å². The summed E-state index contributed by atoms with van der Waals surface area (Å²) in [5.74, 6) is 1.84. The van der Waals surface area contributed by atoms with Gasteiger partial charge >= 0.3 is 0 Å². The average molecular weight is 327 g/mol. The third-order valence-electron chi connectivity index (χ3n) is 4.01. The lowest BCUT2D eigenvalue weighted by atomic mass is 10.1. The first kappa shape index (κ1) is 17.6. The van der Waals surface area contributed by atoms with Crippen molar-refractivity contribution in [3.8, 4) is 6.07 Å². The van der Waals surface area contributed by atoms with Gasteiger partial charge in [-0.15, -0.1) is 0 Å². The minimum Gasteiger partial charge on any atom is -0.373 e. The highest BCUT2D eigenvalue weighted by molar-refractivity contribution is 6.00. The normalized spacial score (nSPS) is 15.9. The molecular formula is C17H25N7. The Bertz CT molecular complexity index is 678. The molecule has 1 aromatic heterocycles. The molecule has 1 aliphatic heterocycles. The Morgan fingerprint density at radius 1 is 1.42 bits per heavy atom. The molecule has 0 aromatic carbocycles. The molecule has 0 atom stereocenters. The minimum atomic E-state index is 0.322. The zero-order valence-electron chi connectivity index (χ0n) is 15.0. The third-order valence-corrected chi connectivity index (χ3v) is 4.01. The summed E-state index contributed by atoms with van der Waals surface area (Å²) in [5, 5.41) is 15.6. The van der Waals surface area contributed by atoms with E-state index in [9.17, 15) is 5.26 Å². The van der Waals surface area contributed by atoms with Crippen molar-refractivity contribution in [2.75, 3.05) is 27.8 Å². The van der Waals surface area contributed by atoms with E-state index < -0.39 is 0 Å². The van der Waals surface area contributed by atoms with Gasteiger partial charge < -0.3 is 20.4 Å². The van der Waals surface area contributed by atoms with Crippen molar-refractivity contribution < 1.29 is 0 Å². The molecule has 2 N–H and O–H groups in total. The van der Waals surface area contributed by atoms with Crippen molar-refractivity contribution >= 4 is 5.84 Å². The van der Waals surface area contributed by atoms with Crippen LogP contribution in [0.5, 0.6) is 0 Å². The summed E-state index contributed by atoms with van der Waals surface area (Å²) in [4.78, 5) is 13.3. The molecule has 0 unspecified atom stereocenters. The van der Waals surface area contributed by atoms with Gasteiger partial charge in [-0.2, -0.15) is 5.26 Å². The number of pyridine rings is 1. The molecule has 0 radical (unpaired) electrons. The maximum Gasteiger partial charge on any atom is 0.153 e. The smallest absolute Gasteiger partial charge is 0.153 e. The van der Waals surface area contributed by atoms with E-state index in [1.165, 1.54) is 0 Å². The standard InChI is InChI=1S/C17H25N7/c1-12(2)24-11-23(5)15(16(19-3)20-4)17(24)22-10-14-9-21-7-6-13(14)8-18/h6-7,9,12,19-20H,10-11H2,1-5H3/b22-17+. The van der Waals surface area contributed by atoms with Crippen LogP contribution in [0.2, 0.25) is 0 Å². The van der Waals surface area contributed by atoms with Crippen molar-refractivity contribution in [3.05, 3.63) is 41.1 Å². The number of rotatable bonds is 5. The van der Waals surface area contributed by atoms with E-state index in [-0.39, 0.29) is 0 Å². The van der Waals surface area contributed by atoms with Crippen LogP contribution in [-0.4, -0.2) is 54.5 Å². The van der Waals surface area contributed by atoms with Crippen molar-refractivity contribution in [1.29, 1.82) is 5.26 Å². The molecule has 0 bridgehead atoms. The van der Waals surface area contributed by atoms with Gasteiger partial charge in [0, 0.05) is 45.1 Å². The van der Waals surface area contributed by atoms with E-state index >= 15 is 0 Å². The van der Waals surface area contributed by atoms with Crippen molar-refractivity contribution in [3.63, 3.8) is 0 Å². The predicted molar refractivity (Wildman–Crippen MR) is 94.8 cm³/mol. The number of likely N-dealkylation sites (N-methyl/N-ethyl adjacent to an activating group) is 1. The molecule has 2 rings (SSSR count). The fourth-order valence-electron chi connectivity index (χ4n) is 2.73. The van der Waals surface area contributed by atoms with Crippen LogP contribution in [0.4, 0.5) is 0 Å². The summed E-state index contributed by atoms with van der Waals surface area (Å²) >= 11 is 0. The van der Waals surface area contributed by atoms with Crippen LogP contribution in [0.15, 0.2) is 35.0 Å². The number of aliphatic imine (C=N–C) groups is 1. The molecule has 0 amide bonds. The Kier molecular flexibility index (Phi) is 5.64. The van der Waals surface area contributed by atoms with E-state index in [1.807, 2.05) is 21.1 Å². The maximum absolute atomic E-state index is 9.23. The summed E-state index contributed by atoms with van der Waals surface area (Å²) in [6, 6.07) is 4.24. The maximum atomic E-state index is 9.23. The monoisotopic (exact) mass is 327 g/mol. The van der Waals surface area contributed by atoms with Crippen molar-refractivity contribution in [2.45, 2.75) is 26.4 Å². The summed E-state index contributed by atoms with van der Waals surface area (Å²) in [6.45, 7) is 5.50. The molecule has 1 saturated heterocycles. The second-order valence-electron chi connectivity index (χ2n) is 5.91. The first-order valence-corrected chi connectivity index (χ1v) is 7.98. The second-order valence-corrected chi connectivity index (χ2v) is 5.91. The van der Waals surface area contributed by atoms with Gasteiger partial charge in [-0.25, -0.2) is 0 Å².